The summed E-state index contributed by atoms with van der Waals surface area (Å²) in [6.45, 7) is 5.53. The van der Waals surface area contributed by atoms with Gasteiger partial charge in [0.05, 0.1) is 11.7 Å². The van der Waals surface area contributed by atoms with Gasteiger partial charge in [0, 0.05) is 39.2 Å². The summed E-state index contributed by atoms with van der Waals surface area (Å²) in [4.78, 5) is 16.4. The fraction of sp³-hybridized carbons (Fsp3) is 0.667. The first-order chi connectivity index (χ1) is 11.1. The van der Waals surface area contributed by atoms with Crippen molar-refractivity contribution >= 4 is 12.2 Å². The molecule has 130 valence electrons. The zero-order chi connectivity index (χ0) is 17.1. The zero-order valence-electron chi connectivity index (χ0n) is 14.9. The minimum absolute atomic E-state index is 0.0810. The van der Waals surface area contributed by atoms with Crippen LogP contribution in [-0.4, -0.2) is 45.6 Å². The summed E-state index contributed by atoms with van der Waals surface area (Å²) >= 11 is 0. The van der Waals surface area contributed by atoms with Crippen LogP contribution >= 0.6 is 0 Å². The number of ether oxygens (including phenoxy) is 2. The fourth-order valence-corrected chi connectivity index (χ4v) is 2.37. The molecule has 1 aliphatic carbocycles. The fourth-order valence-electron chi connectivity index (χ4n) is 2.37. The lowest BCUT2D eigenvalue weighted by atomic mass is 9.95. The van der Waals surface area contributed by atoms with Crippen LogP contribution in [0.25, 0.3) is 0 Å². The Bertz CT molecular complexity index is 467. The molecule has 0 aliphatic heterocycles. The lowest BCUT2D eigenvalue weighted by molar-refractivity contribution is -0.142. The summed E-state index contributed by atoms with van der Waals surface area (Å²) in [7, 11) is 3.38. The molecular weight excluding hydrogens is 292 g/mol. The number of rotatable bonds is 9. The lowest BCUT2D eigenvalue weighted by Crippen LogP contribution is -2.21. The topological polar surface area (TPSA) is 59.9 Å². The number of nitrogens with zero attached hydrogens (tertiary/aromatic N) is 1. The van der Waals surface area contributed by atoms with E-state index >= 15 is 0 Å². The number of esters is 1. The maximum Gasteiger partial charge on any atom is 0.340 e. The van der Waals surface area contributed by atoms with Gasteiger partial charge in [0.15, 0.2) is 0 Å². The third kappa shape index (κ3) is 6.99. The number of hydrogen-bond donors (Lipinski definition) is 1. The van der Waals surface area contributed by atoms with E-state index in [2.05, 4.69) is 16.4 Å². The number of allylic oxidation sites excluding steroid dienone is 3. The molecule has 1 atom stereocenters. The molecule has 0 bridgehead atoms. The number of methoxy groups -OCH3 is 1. The maximum absolute atomic E-state index is 12.4. The first-order valence-electron chi connectivity index (χ1n) is 8.42. The summed E-state index contributed by atoms with van der Waals surface area (Å²) < 4.78 is 10.5. The van der Waals surface area contributed by atoms with E-state index in [1.165, 1.54) is 5.70 Å². The predicted octanol–water partition coefficient (Wildman–Crippen LogP) is 3.02. The molecule has 0 saturated heterocycles. The van der Waals surface area contributed by atoms with E-state index in [1.807, 2.05) is 13.8 Å². The van der Waals surface area contributed by atoms with Crippen LogP contribution in [0.1, 0.15) is 46.0 Å². The van der Waals surface area contributed by atoms with Crippen molar-refractivity contribution < 1.29 is 14.3 Å². The van der Waals surface area contributed by atoms with Gasteiger partial charge in [0.2, 0.25) is 0 Å². The smallest absolute Gasteiger partial charge is 0.340 e. The van der Waals surface area contributed by atoms with Crippen LogP contribution in [0.15, 0.2) is 27.9 Å². The van der Waals surface area contributed by atoms with Gasteiger partial charge in [-0.3, -0.25) is 4.99 Å². The van der Waals surface area contributed by atoms with Crippen LogP contribution in [0.5, 0.6) is 0 Å². The van der Waals surface area contributed by atoms with Crippen molar-refractivity contribution in [1.29, 1.82) is 0 Å². The van der Waals surface area contributed by atoms with Gasteiger partial charge in [-0.05, 0) is 50.7 Å². The largest absolute Gasteiger partial charge is 0.459 e. The van der Waals surface area contributed by atoms with Crippen molar-refractivity contribution in [3.63, 3.8) is 0 Å². The predicted molar refractivity (Wildman–Crippen MR) is 93.7 cm³/mol. The van der Waals surface area contributed by atoms with Crippen molar-refractivity contribution in [2.75, 3.05) is 27.3 Å². The molecule has 0 heterocycles. The minimum atomic E-state index is -0.281. The molecule has 5 nitrogen and oxygen atoms in total. The van der Waals surface area contributed by atoms with Crippen LogP contribution < -0.4 is 5.32 Å². The molecule has 1 aliphatic rings. The molecule has 0 aromatic carbocycles. The van der Waals surface area contributed by atoms with Gasteiger partial charge in [-0.2, -0.15) is 0 Å². The van der Waals surface area contributed by atoms with Crippen LogP contribution in [0.3, 0.4) is 0 Å². The standard InChI is InChI=1S/C18H30N2O3/c1-5-14(2)23-18(21)17(13-19-3)15-8-6-9-16(12-15)20-10-7-11-22-4/h12-14,20H,5-11H2,1-4H3/b17-15-,19-13?. The molecule has 23 heavy (non-hydrogen) atoms. The van der Waals surface area contributed by atoms with Gasteiger partial charge >= 0.3 is 5.97 Å². The SMILES string of the molecule is CCC(C)OC(=O)/C(C=NC)=C1\C=C(NCCCOC)CCC1. The third-order valence-electron chi connectivity index (χ3n) is 3.83. The van der Waals surface area contributed by atoms with E-state index < -0.39 is 0 Å². The van der Waals surface area contributed by atoms with E-state index in [0.717, 1.165) is 50.8 Å². The summed E-state index contributed by atoms with van der Waals surface area (Å²) in [5, 5.41) is 3.42. The third-order valence-corrected chi connectivity index (χ3v) is 3.83. The highest BCUT2D eigenvalue weighted by Gasteiger charge is 2.18. The molecule has 5 heteroatoms. The Balaban J connectivity index is 2.85. The molecule has 0 spiro atoms. The molecule has 1 N–H and O–H groups in total. The number of carbonyl (C=O) groups is 1. The summed E-state index contributed by atoms with van der Waals surface area (Å²) in [6.07, 6.45) is 8.29. The first kappa shape index (κ1) is 19.4. The maximum atomic E-state index is 12.4. The second-order valence-corrected chi connectivity index (χ2v) is 5.75. The van der Waals surface area contributed by atoms with Crippen LogP contribution in [0, 0.1) is 0 Å². The molecule has 0 fully saturated rings. The Morgan fingerprint density at radius 3 is 2.91 bits per heavy atom. The lowest BCUT2D eigenvalue weighted by Gasteiger charge is -2.19. The Hall–Kier alpha value is -1.62. The summed E-state index contributed by atoms with van der Waals surface area (Å²) in [6, 6.07) is 0. The normalized spacial score (nSPS) is 18.5. The van der Waals surface area contributed by atoms with Crippen LogP contribution in [0.2, 0.25) is 0 Å². The van der Waals surface area contributed by atoms with E-state index in [0.29, 0.717) is 5.57 Å². The van der Waals surface area contributed by atoms with Crippen molar-refractivity contribution in [2.24, 2.45) is 4.99 Å². The number of aliphatic imine (C=N–C) groups is 1. The Morgan fingerprint density at radius 1 is 1.48 bits per heavy atom. The molecule has 1 unspecified atom stereocenters. The van der Waals surface area contributed by atoms with Crippen molar-refractivity contribution in [2.45, 2.75) is 52.1 Å². The Labute approximate surface area is 139 Å². The Morgan fingerprint density at radius 2 is 2.26 bits per heavy atom. The van der Waals surface area contributed by atoms with E-state index in [9.17, 15) is 4.79 Å². The number of carbonyl (C=O) groups excluding carboxylic acids is 1. The van der Waals surface area contributed by atoms with Crippen LogP contribution in [-0.2, 0) is 14.3 Å². The molecule has 0 radical (unpaired) electrons. The highest BCUT2D eigenvalue weighted by atomic mass is 16.5. The molecule has 0 aromatic heterocycles. The average Bonchev–Trinajstić information content (AvgIpc) is 2.56. The molecule has 0 saturated carbocycles. The van der Waals surface area contributed by atoms with Gasteiger partial charge in [-0.15, -0.1) is 0 Å². The molecule has 1 rings (SSSR count). The van der Waals surface area contributed by atoms with Crippen molar-refractivity contribution in [3.05, 3.63) is 22.9 Å². The van der Waals surface area contributed by atoms with Gasteiger partial charge < -0.3 is 14.8 Å². The van der Waals surface area contributed by atoms with E-state index in [-0.39, 0.29) is 12.1 Å². The molecular formula is C18H30N2O3. The molecule has 0 amide bonds. The summed E-state index contributed by atoms with van der Waals surface area (Å²) in [5.74, 6) is -0.281. The number of nitrogens with one attached hydrogen (secondary N) is 1. The van der Waals surface area contributed by atoms with Crippen LogP contribution in [0.4, 0.5) is 0 Å². The van der Waals surface area contributed by atoms with Gasteiger partial charge in [0.1, 0.15) is 0 Å². The second-order valence-electron chi connectivity index (χ2n) is 5.75. The number of hydrogen-bond acceptors (Lipinski definition) is 5. The molecule has 0 aromatic rings. The van der Waals surface area contributed by atoms with Gasteiger partial charge in [-0.1, -0.05) is 6.92 Å². The second kappa shape index (κ2) is 11.0. The van der Waals surface area contributed by atoms with Gasteiger partial charge in [-0.25, -0.2) is 4.79 Å². The quantitative estimate of drug-likeness (QED) is 0.307. The average molecular weight is 322 g/mol. The van der Waals surface area contributed by atoms with E-state index in [4.69, 9.17) is 9.47 Å². The monoisotopic (exact) mass is 322 g/mol. The highest BCUT2D eigenvalue weighted by Crippen LogP contribution is 2.24. The minimum Gasteiger partial charge on any atom is -0.459 e. The van der Waals surface area contributed by atoms with Crippen molar-refractivity contribution in [1.82, 2.24) is 5.32 Å². The van der Waals surface area contributed by atoms with E-state index in [1.54, 1.807) is 20.4 Å². The highest BCUT2D eigenvalue weighted by molar-refractivity contribution is 6.10. The summed E-state index contributed by atoms with van der Waals surface area (Å²) in [5.41, 5.74) is 2.74. The van der Waals surface area contributed by atoms with Crippen molar-refractivity contribution in [3.8, 4) is 0 Å². The first-order valence-corrected chi connectivity index (χ1v) is 8.42. The zero-order valence-corrected chi connectivity index (χ0v) is 14.9. The Kier molecular flexibility index (Phi) is 9.29. The van der Waals surface area contributed by atoms with Gasteiger partial charge in [0.25, 0.3) is 0 Å².